The number of hydrogen-bond donors (Lipinski definition) is 1. The predicted molar refractivity (Wildman–Crippen MR) is 68.4 cm³/mol. The highest BCUT2D eigenvalue weighted by Crippen LogP contribution is 2.34. The Labute approximate surface area is 101 Å². The lowest BCUT2D eigenvalue weighted by molar-refractivity contribution is 0.418. The van der Waals surface area contributed by atoms with Crippen molar-refractivity contribution in [1.82, 2.24) is 5.32 Å². The Balaban J connectivity index is 2.22. The second-order valence-electron chi connectivity index (χ2n) is 4.40. The van der Waals surface area contributed by atoms with Crippen molar-refractivity contribution in [3.05, 3.63) is 35.1 Å². The number of aryl methyl sites for hydroxylation is 1. The lowest BCUT2D eigenvalue weighted by atomic mass is 9.92. The molecule has 0 radical (unpaired) electrons. The van der Waals surface area contributed by atoms with Crippen molar-refractivity contribution in [3.8, 4) is 0 Å². The molecule has 1 fully saturated rings. The largest absolute Gasteiger partial charge is 0.313 e. The summed E-state index contributed by atoms with van der Waals surface area (Å²) in [5.74, 6) is 2.96. The van der Waals surface area contributed by atoms with E-state index in [2.05, 4.69) is 5.32 Å². The molecule has 16 heavy (non-hydrogen) atoms. The van der Waals surface area contributed by atoms with Gasteiger partial charge in [0.2, 0.25) is 0 Å². The third kappa shape index (κ3) is 2.41. The third-order valence-corrected chi connectivity index (χ3v) is 4.49. The number of rotatable bonds is 3. The zero-order chi connectivity index (χ0) is 11.5. The van der Waals surface area contributed by atoms with Gasteiger partial charge in [-0.3, -0.25) is 0 Å². The van der Waals surface area contributed by atoms with Gasteiger partial charge in [0, 0.05) is 6.04 Å². The van der Waals surface area contributed by atoms with E-state index in [1.54, 1.807) is 13.0 Å². The standard InChI is InChI=1S/C13H18FNS/c1-9-3-4-10(7-12(9)14)13(15-2)11-5-6-16-8-11/h3-4,7,11,13,15H,5-6,8H2,1-2H3. The molecule has 1 saturated heterocycles. The smallest absolute Gasteiger partial charge is 0.126 e. The average molecular weight is 239 g/mol. The summed E-state index contributed by atoms with van der Waals surface area (Å²) >= 11 is 1.99. The van der Waals surface area contributed by atoms with Crippen LogP contribution in [0.1, 0.15) is 23.6 Å². The van der Waals surface area contributed by atoms with Crippen molar-refractivity contribution in [2.75, 3.05) is 18.6 Å². The highest BCUT2D eigenvalue weighted by atomic mass is 32.2. The van der Waals surface area contributed by atoms with E-state index in [0.717, 1.165) is 11.1 Å². The Morgan fingerprint density at radius 2 is 2.31 bits per heavy atom. The van der Waals surface area contributed by atoms with Crippen molar-refractivity contribution in [1.29, 1.82) is 0 Å². The molecule has 1 aliphatic heterocycles. The van der Waals surface area contributed by atoms with Crippen LogP contribution in [0.15, 0.2) is 18.2 Å². The maximum absolute atomic E-state index is 13.5. The molecule has 2 atom stereocenters. The SMILES string of the molecule is CNC(c1ccc(C)c(F)c1)C1CCSC1. The van der Waals surface area contributed by atoms with E-state index >= 15 is 0 Å². The van der Waals surface area contributed by atoms with E-state index < -0.39 is 0 Å². The molecule has 1 N–H and O–H groups in total. The van der Waals surface area contributed by atoms with Gasteiger partial charge in [-0.1, -0.05) is 12.1 Å². The van der Waals surface area contributed by atoms with E-state index in [0.29, 0.717) is 12.0 Å². The normalized spacial score (nSPS) is 22.3. The van der Waals surface area contributed by atoms with Gasteiger partial charge in [-0.05, 0) is 55.0 Å². The van der Waals surface area contributed by atoms with Gasteiger partial charge in [0.1, 0.15) is 5.82 Å². The van der Waals surface area contributed by atoms with Gasteiger partial charge in [-0.25, -0.2) is 4.39 Å². The molecule has 1 aliphatic rings. The van der Waals surface area contributed by atoms with Crippen molar-refractivity contribution < 1.29 is 4.39 Å². The van der Waals surface area contributed by atoms with Gasteiger partial charge in [0.15, 0.2) is 0 Å². The minimum atomic E-state index is -0.0941. The quantitative estimate of drug-likeness (QED) is 0.869. The highest BCUT2D eigenvalue weighted by molar-refractivity contribution is 7.99. The van der Waals surface area contributed by atoms with E-state index in [1.165, 1.54) is 17.9 Å². The maximum atomic E-state index is 13.5. The van der Waals surface area contributed by atoms with Crippen molar-refractivity contribution in [2.45, 2.75) is 19.4 Å². The molecule has 0 saturated carbocycles. The summed E-state index contributed by atoms with van der Waals surface area (Å²) in [4.78, 5) is 0. The van der Waals surface area contributed by atoms with Crippen LogP contribution in [0.25, 0.3) is 0 Å². The predicted octanol–water partition coefficient (Wildman–Crippen LogP) is 3.15. The van der Waals surface area contributed by atoms with Crippen LogP contribution in [0, 0.1) is 18.7 Å². The molecular formula is C13H18FNS. The molecule has 88 valence electrons. The van der Waals surface area contributed by atoms with E-state index in [9.17, 15) is 4.39 Å². The van der Waals surface area contributed by atoms with Gasteiger partial charge in [-0.2, -0.15) is 11.8 Å². The molecule has 1 heterocycles. The average Bonchev–Trinajstić information content (AvgIpc) is 2.78. The van der Waals surface area contributed by atoms with Crippen LogP contribution in [0.3, 0.4) is 0 Å². The van der Waals surface area contributed by atoms with Gasteiger partial charge < -0.3 is 5.32 Å². The lowest BCUT2D eigenvalue weighted by Crippen LogP contribution is -2.25. The Hall–Kier alpha value is -0.540. The summed E-state index contributed by atoms with van der Waals surface area (Å²) in [6.07, 6.45) is 1.23. The van der Waals surface area contributed by atoms with Crippen LogP contribution < -0.4 is 5.32 Å². The zero-order valence-electron chi connectivity index (χ0n) is 9.79. The van der Waals surface area contributed by atoms with E-state index in [1.807, 2.05) is 30.9 Å². The Kier molecular flexibility index (Phi) is 3.87. The molecule has 0 aliphatic carbocycles. The number of benzene rings is 1. The summed E-state index contributed by atoms with van der Waals surface area (Å²) in [7, 11) is 1.96. The fraction of sp³-hybridized carbons (Fsp3) is 0.538. The first-order valence-electron chi connectivity index (χ1n) is 5.73. The molecule has 0 aromatic heterocycles. The monoisotopic (exact) mass is 239 g/mol. The summed E-state index contributed by atoms with van der Waals surface area (Å²) in [5, 5.41) is 3.33. The van der Waals surface area contributed by atoms with Crippen molar-refractivity contribution in [3.63, 3.8) is 0 Å². The molecule has 2 unspecified atom stereocenters. The Bertz CT molecular complexity index is 361. The first kappa shape index (κ1) is 11.9. The molecule has 1 aromatic carbocycles. The van der Waals surface area contributed by atoms with Crippen LogP contribution in [0.2, 0.25) is 0 Å². The number of halogens is 1. The van der Waals surface area contributed by atoms with Crippen LogP contribution in [0.4, 0.5) is 4.39 Å². The molecule has 1 aromatic rings. The number of thioether (sulfide) groups is 1. The van der Waals surface area contributed by atoms with Crippen LogP contribution in [-0.2, 0) is 0 Å². The number of nitrogens with one attached hydrogen (secondary N) is 1. The van der Waals surface area contributed by atoms with Gasteiger partial charge in [-0.15, -0.1) is 0 Å². The molecule has 0 bridgehead atoms. The molecule has 1 nitrogen and oxygen atoms in total. The lowest BCUT2D eigenvalue weighted by Gasteiger charge is -2.23. The number of hydrogen-bond acceptors (Lipinski definition) is 2. The topological polar surface area (TPSA) is 12.0 Å². The Morgan fingerprint density at radius 3 is 2.88 bits per heavy atom. The van der Waals surface area contributed by atoms with E-state index in [4.69, 9.17) is 0 Å². The summed E-state index contributed by atoms with van der Waals surface area (Å²) in [6, 6.07) is 5.89. The third-order valence-electron chi connectivity index (χ3n) is 3.30. The summed E-state index contributed by atoms with van der Waals surface area (Å²) in [5.41, 5.74) is 1.80. The van der Waals surface area contributed by atoms with E-state index in [-0.39, 0.29) is 5.82 Å². The van der Waals surface area contributed by atoms with Crippen LogP contribution in [-0.4, -0.2) is 18.6 Å². The Morgan fingerprint density at radius 1 is 1.50 bits per heavy atom. The van der Waals surface area contributed by atoms with Gasteiger partial charge in [0.25, 0.3) is 0 Å². The second-order valence-corrected chi connectivity index (χ2v) is 5.55. The first-order valence-corrected chi connectivity index (χ1v) is 6.89. The van der Waals surface area contributed by atoms with Crippen LogP contribution >= 0.6 is 11.8 Å². The summed E-state index contributed by atoms with van der Waals surface area (Å²) in [6.45, 7) is 1.80. The fourth-order valence-electron chi connectivity index (χ4n) is 2.29. The van der Waals surface area contributed by atoms with Gasteiger partial charge >= 0.3 is 0 Å². The molecule has 3 heteroatoms. The van der Waals surface area contributed by atoms with Crippen molar-refractivity contribution in [2.24, 2.45) is 5.92 Å². The highest BCUT2D eigenvalue weighted by Gasteiger charge is 2.25. The van der Waals surface area contributed by atoms with Gasteiger partial charge in [0.05, 0.1) is 0 Å². The fourth-order valence-corrected chi connectivity index (χ4v) is 3.59. The first-order chi connectivity index (χ1) is 7.72. The zero-order valence-corrected chi connectivity index (χ0v) is 10.6. The van der Waals surface area contributed by atoms with Crippen molar-refractivity contribution >= 4 is 11.8 Å². The van der Waals surface area contributed by atoms with Crippen LogP contribution in [0.5, 0.6) is 0 Å². The molecule has 2 rings (SSSR count). The molecule has 0 spiro atoms. The minimum absolute atomic E-state index is 0.0941. The molecule has 0 amide bonds. The molecular weight excluding hydrogens is 221 g/mol. The minimum Gasteiger partial charge on any atom is -0.313 e. The second kappa shape index (κ2) is 5.19. The maximum Gasteiger partial charge on any atom is 0.126 e. The summed E-state index contributed by atoms with van der Waals surface area (Å²) < 4.78 is 13.5.